The first kappa shape index (κ1) is 45.1. The lowest BCUT2D eigenvalue weighted by atomic mass is 9.84. The van der Waals surface area contributed by atoms with Crippen molar-refractivity contribution in [3.8, 4) is 23.0 Å². The van der Waals surface area contributed by atoms with Crippen LogP contribution in [0.3, 0.4) is 0 Å². The normalized spacial score (nSPS) is 20.2. The standard InChI is InChI=1S/C24H31O5SSi.C24H31O2SSi/c1-22(2,3)17-10-9-11-19(20(17)29-31(7)8)30(25,26)15-12-13-18-16(14-15)21-24(6,28-21)23(4,5)27-18;1-16-14-17-15-18(12-13-20(17)25-24(16,5)6)27-21-11-9-10-19(23(2,3)4)22(21)26-28(7)8/h9-14,21H,1-8H3;9-15H,1-8H3/t21-,24-;/m0./s1. The van der Waals surface area contributed by atoms with Crippen molar-refractivity contribution in [1.29, 1.82) is 0 Å². The third-order valence-electron chi connectivity index (χ3n) is 11.3. The van der Waals surface area contributed by atoms with Crippen LogP contribution in [0.5, 0.6) is 23.0 Å². The summed E-state index contributed by atoms with van der Waals surface area (Å²) >= 11 is 1.77. The summed E-state index contributed by atoms with van der Waals surface area (Å²) in [7, 11) is -5.84. The molecule has 3 aliphatic rings. The molecule has 1 saturated heterocycles. The molecule has 59 heavy (non-hydrogen) atoms. The minimum absolute atomic E-state index is 0.0400. The largest absolute Gasteiger partial charge is 0.542 e. The predicted octanol–water partition coefficient (Wildman–Crippen LogP) is 12.8. The SMILES string of the molecule is CC1=Cc2cc(Sc3cccc(C(C)(C)C)c3O[Si](C)C)ccc2OC1(C)C.C[Si](C)Oc1c(C(C)(C)C)cccc1S(=O)(=O)c1ccc2c(c1)[C@@H]1O[C@]1(C)C(C)(C)O2. The lowest BCUT2D eigenvalue weighted by Crippen LogP contribution is -2.45. The molecule has 2 radical (unpaired) electrons. The number of epoxide rings is 1. The highest BCUT2D eigenvalue weighted by atomic mass is 32.2. The number of hydrogen-bond donors (Lipinski definition) is 0. The zero-order valence-corrected chi connectivity index (χ0v) is 41.4. The van der Waals surface area contributed by atoms with Gasteiger partial charge in [-0.1, -0.05) is 77.6 Å². The molecule has 0 N–H and O–H groups in total. The van der Waals surface area contributed by atoms with Crippen LogP contribution >= 0.6 is 11.8 Å². The summed E-state index contributed by atoms with van der Waals surface area (Å²) in [6.45, 7) is 33.6. The topological polar surface area (TPSA) is 83.6 Å². The van der Waals surface area contributed by atoms with E-state index in [1.807, 2.05) is 39.9 Å². The van der Waals surface area contributed by atoms with E-state index in [9.17, 15) is 8.42 Å². The third kappa shape index (κ3) is 9.10. The Kier molecular flexibility index (Phi) is 12.0. The smallest absolute Gasteiger partial charge is 0.274 e. The fourth-order valence-electron chi connectivity index (χ4n) is 7.33. The minimum atomic E-state index is -3.80. The van der Waals surface area contributed by atoms with Crippen molar-refractivity contribution < 1.29 is 31.5 Å². The molecule has 7 rings (SSSR count). The maximum absolute atomic E-state index is 13.8. The molecule has 2 atom stereocenters. The van der Waals surface area contributed by atoms with E-state index < -0.39 is 39.1 Å². The maximum atomic E-state index is 13.8. The molecule has 3 aliphatic heterocycles. The Morgan fingerprint density at radius 1 is 0.712 bits per heavy atom. The van der Waals surface area contributed by atoms with Gasteiger partial charge in [0.15, 0.2) is 0 Å². The Balaban J connectivity index is 0.000000199. The Hall–Kier alpha value is -3.49. The second kappa shape index (κ2) is 15.8. The number of fused-ring (bicyclic) bond motifs is 4. The van der Waals surface area contributed by atoms with Gasteiger partial charge in [0.25, 0.3) is 18.1 Å². The monoisotopic (exact) mass is 870 g/mol. The zero-order chi connectivity index (χ0) is 43.7. The summed E-state index contributed by atoms with van der Waals surface area (Å²) in [6, 6.07) is 23.4. The molecule has 0 spiro atoms. The van der Waals surface area contributed by atoms with Crippen molar-refractivity contribution in [3.63, 3.8) is 0 Å². The number of rotatable bonds is 8. The highest BCUT2D eigenvalue weighted by molar-refractivity contribution is 7.99. The quantitative estimate of drug-likeness (QED) is 0.128. The predicted molar refractivity (Wildman–Crippen MR) is 244 cm³/mol. The molecule has 0 saturated carbocycles. The molecule has 7 nitrogen and oxygen atoms in total. The number of benzene rings is 4. The van der Waals surface area contributed by atoms with Crippen LogP contribution in [0.4, 0.5) is 0 Å². The fourth-order valence-corrected chi connectivity index (χ4v) is 11.1. The lowest BCUT2D eigenvalue weighted by molar-refractivity contribution is 0.0241. The van der Waals surface area contributed by atoms with E-state index in [-0.39, 0.29) is 32.3 Å². The first-order valence-electron chi connectivity index (χ1n) is 20.3. The van der Waals surface area contributed by atoms with E-state index in [1.54, 1.807) is 42.1 Å². The van der Waals surface area contributed by atoms with Gasteiger partial charge in [-0.05, 0) is 150 Å². The average molecular weight is 871 g/mol. The molecule has 11 heteroatoms. The van der Waals surface area contributed by atoms with Crippen molar-refractivity contribution in [2.24, 2.45) is 0 Å². The van der Waals surface area contributed by atoms with Gasteiger partial charge in [0.05, 0.1) is 9.79 Å². The Morgan fingerprint density at radius 3 is 1.90 bits per heavy atom. The van der Waals surface area contributed by atoms with E-state index in [1.165, 1.54) is 20.9 Å². The second-order valence-electron chi connectivity index (χ2n) is 19.4. The van der Waals surface area contributed by atoms with Crippen molar-refractivity contribution >= 4 is 45.8 Å². The fraction of sp³-hybridized carbons (Fsp3) is 0.458. The molecule has 3 heterocycles. The minimum Gasteiger partial charge on any atom is -0.542 e. The molecule has 0 bridgehead atoms. The molecule has 316 valence electrons. The first-order valence-corrected chi connectivity index (χ1v) is 27.5. The summed E-state index contributed by atoms with van der Waals surface area (Å²) in [6.07, 6.45) is 2.07. The van der Waals surface area contributed by atoms with E-state index >= 15 is 0 Å². The van der Waals surface area contributed by atoms with Gasteiger partial charge in [0, 0.05) is 16.0 Å². The van der Waals surface area contributed by atoms with Crippen LogP contribution < -0.4 is 18.3 Å². The lowest BCUT2D eigenvalue weighted by Gasteiger charge is -2.35. The van der Waals surface area contributed by atoms with Crippen molar-refractivity contribution in [3.05, 3.63) is 101 Å². The molecular formula is C48H62O7S2Si2. The summed E-state index contributed by atoms with van der Waals surface area (Å²) in [5.74, 6) is 3.14. The number of hydrogen-bond acceptors (Lipinski definition) is 8. The van der Waals surface area contributed by atoms with Gasteiger partial charge in [-0.25, -0.2) is 8.42 Å². The highest BCUT2D eigenvalue weighted by Crippen LogP contribution is 2.62. The highest BCUT2D eigenvalue weighted by Gasteiger charge is 2.67. The number of sulfone groups is 1. The van der Waals surface area contributed by atoms with Gasteiger partial charge in [-0.2, -0.15) is 0 Å². The van der Waals surface area contributed by atoms with Crippen LogP contribution in [0.25, 0.3) is 6.08 Å². The molecule has 0 amide bonds. The van der Waals surface area contributed by atoms with E-state index in [0.29, 0.717) is 11.5 Å². The summed E-state index contributed by atoms with van der Waals surface area (Å²) < 4.78 is 58.4. The summed E-state index contributed by atoms with van der Waals surface area (Å²) in [5.41, 5.74) is 3.94. The van der Waals surface area contributed by atoms with Crippen LogP contribution in [-0.4, -0.2) is 43.3 Å². The van der Waals surface area contributed by atoms with E-state index in [0.717, 1.165) is 28.2 Å². The maximum Gasteiger partial charge on any atom is 0.274 e. The van der Waals surface area contributed by atoms with Gasteiger partial charge in [0.2, 0.25) is 9.84 Å². The number of ether oxygens (including phenoxy) is 3. The van der Waals surface area contributed by atoms with Crippen LogP contribution in [-0.2, 0) is 25.4 Å². The zero-order valence-electron chi connectivity index (χ0n) is 37.8. The summed E-state index contributed by atoms with van der Waals surface area (Å²) in [5, 5.41) is 0. The van der Waals surface area contributed by atoms with Gasteiger partial charge in [-0.3, -0.25) is 0 Å². The van der Waals surface area contributed by atoms with Crippen molar-refractivity contribution in [2.75, 3.05) is 0 Å². The Morgan fingerprint density at radius 2 is 1.29 bits per heavy atom. The third-order valence-corrected chi connectivity index (χ3v) is 15.3. The van der Waals surface area contributed by atoms with Crippen molar-refractivity contribution in [1.82, 2.24) is 0 Å². The molecule has 0 aromatic heterocycles. The summed E-state index contributed by atoms with van der Waals surface area (Å²) in [4.78, 5) is 2.81. The van der Waals surface area contributed by atoms with Crippen LogP contribution in [0, 0.1) is 0 Å². The van der Waals surface area contributed by atoms with Gasteiger partial charge >= 0.3 is 0 Å². The average Bonchev–Trinajstić information content (AvgIpc) is 3.82. The van der Waals surface area contributed by atoms with Gasteiger partial charge < -0.3 is 23.1 Å². The molecule has 0 unspecified atom stereocenters. The van der Waals surface area contributed by atoms with Gasteiger partial charge in [-0.15, -0.1) is 0 Å². The van der Waals surface area contributed by atoms with Crippen molar-refractivity contribution in [2.45, 2.75) is 163 Å². The molecular weight excluding hydrogens is 809 g/mol. The van der Waals surface area contributed by atoms with E-state index in [2.05, 4.69) is 118 Å². The van der Waals surface area contributed by atoms with Gasteiger partial charge in [0.1, 0.15) is 50.8 Å². The molecule has 0 aliphatic carbocycles. The Labute approximate surface area is 361 Å². The van der Waals surface area contributed by atoms with Crippen LogP contribution in [0.1, 0.15) is 111 Å². The molecule has 4 aromatic carbocycles. The molecule has 4 aromatic rings. The molecule has 1 fully saturated rings. The second-order valence-corrected chi connectivity index (χ2v) is 26.5. The Bertz CT molecular complexity index is 2390. The van der Waals surface area contributed by atoms with E-state index in [4.69, 9.17) is 23.1 Å². The van der Waals surface area contributed by atoms with Crippen LogP contribution in [0.15, 0.2) is 98.0 Å². The first-order chi connectivity index (χ1) is 27.2. The van der Waals surface area contributed by atoms with Crippen LogP contribution in [0.2, 0.25) is 26.2 Å². The number of para-hydroxylation sites is 2.